The first-order valence-corrected chi connectivity index (χ1v) is 6.23. The van der Waals surface area contributed by atoms with Crippen molar-refractivity contribution in [2.75, 3.05) is 25.0 Å². The Morgan fingerprint density at radius 2 is 2.21 bits per heavy atom. The van der Waals surface area contributed by atoms with Gasteiger partial charge in [0.2, 0.25) is 5.91 Å². The van der Waals surface area contributed by atoms with Crippen LogP contribution in [0.15, 0.2) is 10.6 Å². The quantitative estimate of drug-likeness (QED) is 0.834. The lowest BCUT2D eigenvalue weighted by Crippen LogP contribution is -2.40. The van der Waals surface area contributed by atoms with Gasteiger partial charge in [0, 0.05) is 6.07 Å². The molecule has 2 N–H and O–H groups in total. The average molecular weight is 267 g/mol. The normalized spacial score (nSPS) is 17.3. The third kappa shape index (κ3) is 3.78. The summed E-state index contributed by atoms with van der Waals surface area (Å²) in [6, 6.07) is 1.65. The van der Waals surface area contributed by atoms with E-state index in [0.29, 0.717) is 37.5 Å². The van der Waals surface area contributed by atoms with Gasteiger partial charge in [-0.3, -0.25) is 14.5 Å². The van der Waals surface area contributed by atoms with Crippen LogP contribution in [0.1, 0.15) is 18.6 Å². The highest BCUT2D eigenvalue weighted by molar-refractivity contribution is 5.91. The maximum absolute atomic E-state index is 11.8. The number of hydrogen-bond donors (Lipinski definition) is 2. The van der Waals surface area contributed by atoms with Crippen molar-refractivity contribution in [3.63, 3.8) is 0 Å². The third-order valence-corrected chi connectivity index (χ3v) is 3.20. The molecule has 1 saturated heterocycles. The van der Waals surface area contributed by atoms with Gasteiger partial charge in [-0.25, -0.2) is 0 Å². The standard InChI is InChI=1S/C12H17N3O4/c1-8-6-10(14-19-8)13-11(16)7-15-4-2-9(3-5-15)12(17)18/h6,9H,2-5,7H2,1H3,(H,17,18)(H,13,14,16). The maximum Gasteiger partial charge on any atom is 0.306 e. The molecule has 19 heavy (non-hydrogen) atoms. The van der Waals surface area contributed by atoms with Crippen LogP contribution in [-0.2, 0) is 9.59 Å². The second-order valence-corrected chi connectivity index (χ2v) is 4.76. The number of likely N-dealkylation sites (tertiary alicyclic amines) is 1. The first kappa shape index (κ1) is 13.5. The van der Waals surface area contributed by atoms with E-state index in [1.165, 1.54) is 0 Å². The number of carbonyl (C=O) groups excluding carboxylic acids is 1. The number of piperidine rings is 1. The first-order chi connectivity index (χ1) is 9.04. The summed E-state index contributed by atoms with van der Waals surface area (Å²) < 4.78 is 4.85. The highest BCUT2D eigenvalue weighted by Crippen LogP contribution is 2.17. The summed E-state index contributed by atoms with van der Waals surface area (Å²) in [6.45, 7) is 3.25. The van der Waals surface area contributed by atoms with Crippen molar-refractivity contribution in [1.82, 2.24) is 10.1 Å². The van der Waals surface area contributed by atoms with Crippen molar-refractivity contribution >= 4 is 17.7 Å². The summed E-state index contributed by atoms with van der Waals surface area (Å²) in [7, 11) is 0. The van der Waals surface area contributed by atoms with Crippen molar-refractivity contribution in [2.45, 2.75) is 19.8 Å². The molecule has 0 bridgehead atoms. The second kappa shape index (κ2) is 5.83. The minimum atomic E-state index is -0.748. The molecule has 0 radical (unpaired) electrons. The van der Waals surface area contributed by atoms with Crippen LogP contribution in [-0.4, -0.2) is 46.7 Å². The number of carboxylic acid groups (broad SMARTS) is 1. The van der Waals surface area contributed by atoms with E-state index in [9.17, 15) is 9.59 Å². The highest BCUT2D eigenvalue weighted by atomic mass is 16.5. The molecular formula is C12H17N3O4. The molecule has 104 valence electrons. The Labute approximate surface area is 110 Å². The molecule has 2 heterocycles. The minimum Gasteiger partial charge on any atom is -0.481 e. The zero-order valence-corrected chi connectivity index (χ0v) is 10.8. The number of amides is 1. The van der Waals surface area contributed by atoms with Gasteiger partial charge in [-0.05, 0) is 32.9 Å². The molecule has 7 heteroatoms. The van der Waals surface area contributed by atoms with Crippen LogP contribution in [0.2, 0.25) is 0 Å². The molecule has 2 rings (SSSR count). The summed E-state index contributed by atoms with van der Waals surface area (Å²) in [4.78, 5) is 24.5. The van der Waals surface area contributed by atoms with Gasteiger partial charge in [0.15, 0.2) is 5.82 Å². The van der Waals surface area contributed by atoms with E-state index in [1.54, 1.807) is 13.0 Å². The number of aromatic nitrogens is 1. The van der Waals surface area contributed by atoms with Crippen LogP contribution in [0.3, 0.4) is 0 Å². The number of anilines is 1. The van der Waals surface area contributed by atoms with E-state index in [0.717, 1.165) is 0 Å². The number of carbonyl (C=O) groups is 2. The maximum atomic E-state index is 11.8. The molecule has 1 fully saturated rings. The molecule has 0 unspecified atom stereocenters. The molecule has 1 aliphatic heterocycles. The Bertz CT molecular complexity index is 463. The second-order valence-electron chi connectivity index (χ2n) is 4.76. The predicted octanol–water partition coefficient (Wildman–Crippen LogP) is 0.718. The summed E-state index contributed by atoms with van der Waals surface area (Å²) in [5.74, 6) is -0.151. The number of nitrogens with zero attached hydrogens (tertiary/aromatic N) is 2. The van der Waals surface area contributed by atoms with E-state index >= 15 is 0 Å². The molecule has 1 aromatic heterocycles. The van der Waals surface area contributed by atoms with Crippen LogP contribution in [0.5, 0.6) is 0 Å². The van der Waals surface area contributed by atoms with Crippen LogP contribution >= 0.6 is 0 Å². The average Bonchev–Trinajstić information content (AvgIpc) is 2.75. The fourth-order valence-electron chi connectivity index (χ4n) is 2.15. The van der Waals surface area contributed by atoms with Gasteiger partial charge in [0.05, 0.1) is 12.5 Å². The molecule has 7 nitrogen and oxygen atoms in total. The molecule has 0 atom stereocenters. The SMILES string of the molecule is Cc1cc(NC(=O)CN2CCC(C(=O)O)CC2)no1. The van der Waals surface area contributed by atoms with Gasteiger partial charge in [-0.15, -0.1) is 0 Å². The molecule has 1 amide bonds. The Kier molecular flexibility index (Phi) is 4.16. The van der Waals surface area contributed by atoms with Crippen molar-refractivity contribution in [2.24, 2.45) is 5.92 Å². The summed E-state index contributed by atoms with van der Waals surface area (Å²) in [5, 5.41) is 15.2. The Hall–Kier alpha value is -1.89. The summed E-state index contributed by atoms with van der Waals surface area (Å²) >= 11 is 0. The molecule has 0 saturated carbocycles. The van der Waals surface area contributed by atoms with Gasteiger partial charge in [-0.2, -0.15) is 0 Å². The predicted molar refractivity (Wildman–Crippen MR) is 66.7 cm³/mol. The molecule has 0 aliphatic carbocycles. The lowest BCUT2D eigenvalue weighted by molar-refractivity contribution is -0.143. The van der Waals surface area contributed by atoms with E-state index in [-0.39, 0.29) is 18.4 Å². The van der Waals surface area contributed by atoms with E-state index in [4.69, 9.17) is 9.63 Å². The Balaban J connectivity index is 1.76. The van der Waals surface area contributed by atoms with Crippen LogP contribution in [0.4, 0.5) is 5.82 Å². The largest absolute Gasteiger partial charge is 0.481 e. The number of rotatable bonds is 4. The van der Waals surface area contributed by atoms with E-state index in [2.05, 4.69) is 10.5 Å². The zero-order valence-electron chi connectivity index (χ0n) is 10.8. The molecule has 1 aromatic rings. The number of aryl methyl sites for hydroxylation is 1. The van der Waals surface area contributed by atoms with Crippen LogP contribution in [0.25, 0.3) is 0 Å². The van der Waals surface area contributed by atoms with Crippen molar-refractivity contribution in [1.29, 1.82) is 0 Å². The van der Waals surface area contributed by atoms with E-state index < -0.39 is 5.97 Å². The topological polar surface area (TPSA) is 95.7 Å². The molecule has 1 aliphatic rings. The fraction of sp³-hybridized carbons (Fsp3) is 0.583. The Morgan fingerprint density at radius 1 is 1.53 bits per heavy atom. The summed E-state index contributed by atoms with van der Waals surface area (Å²) in [6.07, 6.45) is 1.18. The van der Waals surface area contributed by atoms with Crippen molar-refractivity contribution in [3.8, 4) is 0 Å². The van der Waals surface area contributed by atoms with Gasteiger partial charge in [0.25, 0.3) is 0 Å². The van der Waals surface area contributed by atoms with Gasteiger partial charge in [0.1, 0.15) is 5.76 Å². The van der Waals surface area contributed by atoms with Gasteiger partial charge < -0.3 is 14.9 Å². The Morgan fingerprint density at radius 3 is 2.74 bits per heavy atom. The lowest BCUT2D eigenvalue weighted by Gasteiger charge is -2.29. The number of nitrogens with one attached hydrogen (secondary N) is 1. The lowest BCUT2D eigenvalue weighted by atomic mass is 9.97. The minimum absolute atomic E-state index is 0.165. The fourth-order valence-corrected chi connectivity index (χ4v) is 2.15. The molecular weight excluding hydrogens is 250 g/mol. The van der Waals surface area contributed by atoms with Crippen molar-refractivity contribution < 1.29 is 19.2 Å². The molecule has 0 aromatic carbocycles. The third-order valence-electron chi connectivity index (χ3n) is 3.20. The van der Waals surface area contributed by atoms with Crippen molar-refractivity contribution in [3.05, 3.63) is 11.8 Å². The number of hydrogen-bond acceptors (Lipinski definition) is 5. The monoisotopic (exact) mass is 267 g/mol. The van der Waals surface area contributed by atoms with E-state index in [1.807, 2.05) is 4.90 Å². The van der Waals surface area contributed by atoms with Gasteiger partial charge >= 0.3 is 5.97 Å². The molecule has 0 spiro atoms. The highest BCUT2D eigenvalue weighted by Gasteiger charge is 2.25. The number of aliphatic carboxylic acids is 1. The first-order valence-electron chi connectivity index (χ1n) is 6.23. The summed E-state index contributed by atoms with van der Waals surface area (Å²) in [5.41, 5.74) is 0. The number of carboxylic acids is 1. The smallest absolute Gasteiger partial charge is 0.306 e. The van der Waals surface area contributed by atoms with Crippen LogP contribution in [0, 0.1) is 12.8 Å². The van der Waals surface area contributed by atoms with Crippen LogP contribution < -0.4 is 5.32 Å². The van der Waals surface area contributed by atoms with Gasteiger partial charge in [-0.1, -0.05) is 5.16 Å². The zero-order chi connectivity index (χ0) is 13.8.